The first kappa shape index (κ1) is 18.9. The Labute approximate surface area is 164 Å². The van der Waals surface area contributed by atoms with E-state index in [9.17, 15) is 14.8 Å². The largest absolute Gasteiger partial charge is 0.340 e. The lowest BCUT2D eigenvalue weighted by atomic mass is 9.99. The highest BCUT2D eigenvalue weighted by atomic mass is 16.5. The number of hydroxylamine groups is 2. The Kier molecular flexibility index (Phi) is 5.10. The van der Waals surface area contributed by atoms with E-state index in [-0.39, 0.29) is 23.9 Å². The summed E-state index contributed by atoms with van der Waals surface area (Å²) in [5, 5.41) is 10.3. The number of rotatable bonds is 8. The zero-order valence-electron chi connectivity index (χ0n) is 16.3. The molecule has 0 bridgehead atoms. The summed E-state index contributed by atoms with van der Waals surface area (Å²) in [6.07, 6.45) is 6.10. The number of carbonyl (C=O) groups is 2. The van der Waals surface area contributed by atoms with Crippen LogP contribution < -0.4 is 0 Å². The van der Waals surface area contributed by atoms with Gasteiger partial charge in [0, 0.05) is 6.54 Å². The molecular weight excluding hydrogens is 356 g/mol. The minimum atomic E-state index is -0.393. The molecule has 2 N–H and O–H groups in total. The molecule has 2 aliphatic rings. The normalized spacial score (nSPS) is 21.2. The summed E-state index contributed by atoms with van der Waals surface area (Å²) < 4.78 is 0. The number of likely N-dealkylation sites (tertiary alicyclic amines) is 1. The standard InChI is InChI=1S/C21H28N4O3/c1-2-3-6-15(12-24(28)14-26)20(27)25-13-21(9-10-21)11-18(25)19-22-16-7-4-5-8-17(16)23-19/h4-5,7-8,14-15,18,28H,2-3,6,9-13H2,1H3,(H,22,23). The van der Waals surface area contributed by atoms with Crippen LogP contribution in [0.25, 0.3) is 11.0 Å². The van der Waals surface area contributed by atoms with Crippen LogP contribution in [0.4, 0.5) is 0 Å². The molecule has 1 aliphatic heterocycles. The van der Waals surface area contributed by atoms with E-state index in [1.165, 1.54) is 0 Å². The Morgan fingerprint density at radius 3 is 2.93 bits per heavy atom. The Hall–Kier alpha value is -2.41. The van der Waals surface area contributed by atoms with Crippen molar-refractivity contribution in [1.82, 2.24) is 19.9 Å². The summed E-state index contributed by atoms with van der Waals surface area (Å²) in [6, 6.07) is 7.83. The number of nitrogens with zero attached hydrogens (tertiary/aromatic N) is 3. The molecule has 150 valence electrons. The molecule has 1 spiro atoms. The number of aromatic amines is 1. The van der Waals surface area contributed by atoms with E-state index in [1.807, 2.05) is 29.2 Å². The zero-order chi connectivity index (χ0) is 19.7. The highest BCUT2D eigenvalue weighted by Gasteiger charge is 2.54. The van der Waals surface area contributed by atoms with Crippen LogP contribution in [0.5, 0.6) is 0 Å². The Bertz CT molecular complexity index is 827. The molecule has 1 aromatic carbocycles. The third-order valence-electron chi connectivity index (χ3n) is 6.26. The molecule has 1 saturated carbocycles. The van der Waals surface area contributed by atoms with Crippen molar-refractivity contribution in [2.45, 2.75) is 51.5 Å². The van der Waals surface area contributed by atoms with E-state index >= 15 is 0 Å². The van der Waals surface area contributed by atoms with Crippen LogP contribution in [-0.2, 0) is 9.59 Å². The van der Waals surface area contributed by atoms with Crippen LogP contribution in [-0.4, -0.2) is 50.5 Å². The van der Waals surface area contributed by atoms with Crippen molar-refractivity contribution in [3.8, 4) is 0 Å². The molecule has 2 aromatic rings. The highest BCUT2D eigenvalue weighted by molar-refractivity contribution is 5.81. The molecule has 1 saturated heterocycles. The molecule has 1 aromatic heterocycles. The molecule has 2 atom stereocenters. The second-order valence-electron chi connectivity index (χ2n) is 8.39. The van der Waals surface area contributed by atoms with Crippen molar-refractivity contribution < 1.29 is 14.8 Å². The lowest BCUT2D eigenvalue weighted by molar-refractivity contribution is -0.157. The summed E-state index contributed by atoms with van der Waals surface area (Å²) >= 11 is 0. The first-order valence-electron chi connectivity index (χ1n) is 10.2. The number of nitrogens with one attached hydrogen (secondary N) is 1. The van der Waals surface area contributed by atoms with Crippen LogP contribution in [0.3, 0.4) is 0 Å². The number of carbonyl (C=O) groups excluding carboxylic acids is 2. The van der Waals surface area contributed by atoms with E-state index in [0.29, 0.717) is 17.9 Å². The maximum atomic E-state index is 13.4. The number of amides is 2. The van der Waals surface area contributed by atoms with Gasteiger partial charge in [-0.05, 0) is 43.2 Å². The second kappa shape index (κ2) is 7.54. The molecule has 2 unspecified atom stereocenters. The van der Waals surface area contributed by atoms with Gasteiger partial charge in [0.05, 0.1) is 29.5 Å². The molecule has 7 nitrogen and oxygen atoms in total. The molecule has 1 aliphatic carbocycles. The van der Waals surface area contributed by atoms with Crippen molar-refractivity contribution in [2.24, 2.45) is 11.3 Å². The van der Waals surface area contributed by atoms with Crippen LogP contribution in [0.1, 0.15) is 57.3 Å². The van der Waals surface area contributed by atoms with Crippen molar-refractivity contribution in [3.63, 3.8) is 0 Å². The van der Waals surface area contributed by atoms with E-state index < -0.39 is 5.92 Å². The van der Waals surface area contributed by atoms with Gasteiger partial charge >= 0.3 is 0 Å². The molecule has 4 rings (SSSR count). The number of para-hydroxylation sites is 2. The number of hydrogen-bond acceptors (Lipinski definition) is 4. The van der Waals surface area contributed by atoms with Crippen molar-refractivity contribution in [2.75, 3.05) is 13.1 Å². The maximum Gasteiger partial charge on any atom is 0.233 e. The van der Waals surface area contributed by atoms with E-state index in [1.54, 1.807) is 0 Å². The summed E-state index contributed by atoms with van der Waals surface area (Å²) in [7, 11) is 0. The number of H-pyrrole nitrogens is 1. The van der Waals surface area contributed by atoms with Gasteiger partial charge in [-0.25, -0.2) is 10.0 Å². The fourth-order valence-corrected chi connectivity index (χ4v) is 4.45. The van der Waals surface area contributed by atoms with E-state index in [2.05, 4.69) is 11.9 Å². The van der Waals surface area contributed by atoms with Crippen molar-refractivity contribution >= 4 is 23.4 Å². The fraction of sp³-hybridized carbons (Fsp3) is 0.571. The summed E-state index contributed by atoms with van der Waals surface area (Å²) in [5.74, 6) is 0.461. The topological polar surface area (TPSA) is 89.5 Å². The highest BCUT2D eigenvalue weighted by Crippen LogP contribution is 2.58. The van der Waals surface area contributed by atoms with Crippen molar-refractivity contribution in [3.05, 3.63) is 30.1 Å². The van der Waals surface area contributed by atoms with Gasteiger partial charge < -0.3 is 9.88 Å². The predicted octanol–water partition coefficient (Wildman–Crippen LogP) is 3.27. The minimum absolute atomic E-state index is 0.0172. The number of aromatic nitrogens is 2. The van der Waals surface area contributed by atoms with Crippen LogP contribution in [0.15, 0.2) is 24.3 Å². The van der Waals surface area contributed by atoms with Gasteiger partial charge in [-0.3, -0.25) is 14.8 Å². The SMILES string of the molecule is CCCCC(CN(O)C=O)C(=O)N1CC2(CC2)CC1c1nc2ccccc2[nH]1. The monoisotopic (exact) mass is 384 g/mol. The van der Waals surface area contributed by atoms with Gasteiger partial charge in [-0.2, -0.15) is 0 Å². The number of imidazole rings is 1. The fourth-order valence-electron chi connectivity index (χ4n) is 4.45. The molecule has 7 heteroatoms. The molecule has 2 fully saturated rings. The van der Waals surface area contributed by atoms with Crippen LogP contribution in [0.2, 0.25) is 0 Å². The molecular formula is C21H28N4O3. The predicted molar refractivity (Wildman–Crippen MR) is 104 cm³/mol. The quantitative estimate of drug-likeness (QED) is 0.415. The second-order valence-corrected chi connectivity index (χ2v) is 8.39. The van der Waals surface area contributed by atoms with E-state index in [0.717, 1.165) is 55.5 Å². The summed E-state index contributed by atoms with van der Waals surface area (Å²) in [4.78, 5) is 34.4. The number of hydrogen-bond donors (Lipinski definition) is 2. The third-order valence-corrected chi connectivity index (χ3v) is 6.26. The summed E-state index contributed by atoms with van der Waals surface area (Å²) in [5.41, 5.74) is 2.11. The van der Waals surface area contributed by atoms with Gasteiger partial charge in [-0.1, -0.05) is 31.9 Å². The average Bonchev–Trinajstić information content (AvgIpc) is 3.15. The number of benzene rings is 1. The number of fused-ring (bicyclic) bond motifs is 1. The van der Waals surface area contributed by atoms with Gasteiger partial charge in [0.15, 0.2) is 0 Å². The van der Waals surface area contributed by atoms with Gasteiger partial charge in [0.2, 0.25) is 12.3 Å². The van der Waals surface area contributed by atoms with Gasteiger partial charge in [0.1, 0.15) is 5.82 Å². The molecule has 2 heterocycles. The lowest BCUT2D eigenvalue weighted by Gasteiger charge is -2.29. The van der Waals surface area contributed by atoms with Crippen molar-refractivity contribution in [1.29, 1.82) is 0 Å². The van der Waals surface area contributed by atoms with Gasteiger partial charge in [0.25, 0.3) is 0 Å². The summed E-state index contributed by atoms with van der Waals surface area (Å²) in [6.45, 7) is 2.85. The van der Waals surface area contributed by atoms with E-state index in [4.69, 9.17) is 4.98 Å². The first-order chi connectivity index (χ1) is 13.5. The Balaban J connectivity index is 1.60. The maximum absolute atomic E-state index is 13.4. The van der Waals surface area contributed by atoms with Gasteiger partial charge in [-0.15, -0.1) is 0 Å². The van der Waals surface area contributed by atoms with Crippen LogP contribution >= 0.6 is 0 Å². The zero-order valence-corrected chi connectivity index (χ0v) is 16.3. The first-order valence-corrected chi connectivity index (χ1v) is 10.2. The smallest absolute Gasteiger partial charge is 0.233 e. The third kappa shape index (κ3) is 3.63. The molecule has 0 radical (unpaired) electrons. The van der Waals surface area contributed by atoms with Crippen LogP contribution in [0, 0.1) is 11.3 Å². The average molecular weight is 384 g/mol. The Morgan fingerprint density at radius 1 is 1.46 bits per heavy atom. The Morgan fingerprint density at radius 2 is 2.25 bits per heavy atom. The minimum Gasteiger partial charge on any atom is -0.340 e. The number of unbranched alkanes of at least 4 members (excludes halogenated alkanes) is 1. The lowest BCUT2D eigenvalue weighted by Crippen LogP contribution is -2.41. The molecule has 28 heavy (non-hydrogen) atoms. The molecule has 2 amide bonds.